The van der Waals surface area contributed by atoms with Crippen molar-refractivity contribution >= 4 is 21.6 Å². The summed E-state index contributed by atoms with van der Waals surface area (Å²) in [6, 6.07) is 24.4. The highest BCUT2D eigenvalue weighted by Gasteiger charge is 2.26. The molecule has 8 nitrogen and oxygen atoms in total. The molecule has 4 aromatic rings. The van der Waals surface area contributed by atoms with Crippen LogP contribution in [0.5, 0.6) is 0 Å². The van der Waals surface area contributed by atoms with Crippen molar-refractivity contribution in [3.05, 3.63) is 112 Å². The van der Waals surface area contributed by atoms with Gasteiger partial charge in [-0.15, -0.1) is 0 Å². The standard InChI is InChI=1S/C28H28N4O4S/c1-20-11-13-25(14-12-20)37(35,36)32(16-15-22-7-4-3-5-8-22)19-27(34)30-24-10-6-9-23(18-24)28-29-21(2)17-26(33)31-28/h3-14,17-18H,15-16,19H2,1-2H3,(H,30,34)(H,29,31,33). The van der Waals surface area contributed by atoms with Crippen molar-refractivity contribution in [3.63, 3.8) is 0 Å². The first kappa shape index (κ1) is 26.0. The molecule has 0 aliphatic heterocycles. The largest absolute Gasteiger partial charge is 0.325 e. The molecule has 0 atom stereocenters. The van der Waals surface area contributed by atoms with Crippen molar-refractivity contribution in [2.45, 2.75) is 25.2 Å². The van der Waals surface area contributed by atoms with Gasteiger partial charge in [0, 0.05) is 29.6 Å². The van der Waals surface area contributed by atoms with Crippen LogP contribution in [0.25, 0.3) is 11.4 Å². The number of aromatic nitrogens is 2. The third-order valence-electron chi connectivity index (χ3n) is 5.76. The minimum atomic E-state index is -3.91. The van der Waals surface area contributed by atoms with Crippen molar-refractivity contribution in [1.82, 2.24) is 14.3 Å². The number of carbonyl (C=O) groups is 1. The maximum Gasteiger partial charge on any atom is 0.251 e. The van der Waals surface area contributed by atoms with E-state index in [1.807, 2.05) is 37.3 Å². The SMILES string of the molecule is Cc1ccc(S(=O)(=O)N(CCc2ccccc2)CC(=O)Nc2cccc(-c3nc(C)cc(=O)[nH]3)c2)cc1. The number of carbonyl (C=O) groups excluding carboxylic acids is 1. The van der Waals surface area contributed by atoms with Crippen molar-refractivity contribution in [1.29, 1.82) is 0 Å². The third-order valence-corrected chi connectivity index (χ3v) is 7.62. The Bertz CT molecular complexity index is 1550. The van der Waals surface area contributed by atoms with E-state index in [0.717, 1.165) is 11.1 Å². The van der Waals surface area contributed by atoms with Gasteiger partial charge >= 0.3 is 0 Å². The van der Waals surface area contributed by atoms with E-state index in [1.165, 1.54) is 10.4 Å². The molecule has 3 aromatic carbocycles. The van der Waals surface area contributed by atoms with Crippen LogP contribution in [0.3, 0.4) is 0 Å². The van der Waals surface area contributed by atoms with Gasteiger partial charge in [-0.05, 0) is 50.1 Å². The summed E-state index contributed by atoms with van der Waals surface area (Å²) in [5, 5.41) is 2.78. The van der Waals surface area contributed by atoms with Crippen LogP contribution in [0, 0.1) is 13.8 Å². The van der Waals surface area contributed by atoms with Gasteiger partial charge in [-0.3, -0.25) is 9.59 Å². The average molecular weight is 517 g/mol. The highest BCUT2D eigenvalue weighted by Crippen LogP contribution is 2.20. The summed E-state index contributed by atoms with van der Waals surface area (Å²) < 4.78 is 28.1. The Balaban J connectivity index is 1.55. The molecule has 0 bridgehead atoms. The number of nitrogens with one attached hydrogen (secondary N) is 2. The van der Waals surface area contributed by atoms with Crippen molar-refractivity contribution in [2.75, 3.05) is 18.4 Å². The Morgan fingerprint density at radius 1 is 0.946 bits per heavy atom. The second-order valence-corrected chi connectivity index (χ2v) is 10.7. The summed E-state index contributed by atoms with van der Waals surface area (Å²) >= 11 is 0. The third kappa shape index (κ3) is 6.78. The number of sulfonamides is 1. The van der Waals surface area contributed by atoms with E-state index < -0.39 is 15.9 Å². The fourth-order valence-electron chi connectivity index (χ4n) is 3.86. The van der Waals surface area contributed by atoms with Gasteiger partial charge in [0.1, 0.15) is 5.82 Å². The fraction of sp³-hybridized carbons (Fsp3) is 0.179. The molecule has 0 fully saturated rings. The lowest BCUT2D eigenvalue weighted by Gasteiger charge is -2.22. The molecule has 9 heteroatoms. The number of hydrogen-bond acceptors (Lipinski definition) is 5. The Kier molecular flexibility index (Phi) is 7.95. The highest BCUT2D eigenvalue weighted by molar-refractivity contribution is 7.89. The van der Waals surface area contributed by atoms with Gasteiger partial charge in [0.25, 0.3) is 5.56 Å². The number of anilines is 1. The van der Waals surface area contributed by atoms with E-state index in [4.69, 9.17) is 0 Å². The average Bonchev–Trinajstić information content (AvgIpc) is 2.87. The van der Waals surface area contributed by atoms with Crippen LogP contribution in [0.1, 0.15) is 16.8 Å². The first-order chi connectivity index (χ1) is 17.7. The second-order valence-electron chi connectivity index (χ2n) is 8.75. The van der Waals surface area contributed by atoms with E-state index >= 15 is 0 Å². The van der Waals surface area contributed by atoms with Crippen molar-refractivity contribution in [3.8, 4) is 11.4 Å². The smallest absolute Gasteiger partial charge is 0.251 e. The minimum absolute atomic E-state index is 0.135. The Hall–Kier alpha value is -4.08. The zero-order chi connectivity index (χ0) is 26.4. The Labute approximate surface area is 216 Å². The molecule has 37 heavy (non-hydrogen) atoms. The Morgan fingerprint density at radius 3 is 2.38 bits per heavy atom. The number of aryl methyl sites for hydroxylation is 2. The molecule has 1 aromatic heterocycles. The number of nitrogens with zero attached hydrogens (tertiary/aromatic N) is 2. The lowest BCUT2D eigenvalue weighted by molar-refractivity contribution is -0.116. The van der Waals surface area contributed by atoms with Gasteiger partial charge in [0.2, 0.25) is 15.9 Å². The second kappa shape index (κ2) is 11.3. The summed E-state index contributed by atoms with van der Waals surface area (Å²) in [4.78, 5) is 32.0. The predicted molar refractivity (Wildman–Crippen MR) is 144 cm³/mol. The van der Waals surface area contributed by atoms with Gasteiger partial charge < -0.3 is 10.3 Å². The van der Waals surface area contributed by atoms with Gasteiger partial charge in [-0.2, -0.15) is 4.31 Å². The molecule has 0 spiro atoms. The maximum atomic E-state index is 13.5. The van der Waals surface area contributed by atoms with Crippen LogP contribution in [-0.2, 0) is 21.2 Å². The van der Waals surface area contributed by atoms with Crippen LogP contribution in [0.2, 0.25) is 0 Å². The molecule has 2 N–H and O–H groups in total. The highest BCUT2D eigenvalue weighted by atomic mass is 32.2. The molecule has 0 saturated heterocycles. The van der Waals surface area contributed by atoms with Gasteiger partial charge in [-0.1, -0.05) is 60.2 Å². The van der Waals surface area contributed by atoms with E-state index in [9.17, 15) is 18.0 Å². The predicted octanol–water partition coefficient (Wildman–Crippen LogP) is 3.93. The zero-order valence-electron chi connectivity index (χ0n) is 20.6. The molecule has 0 aliphatic rings. The molecule has 1 amide bonds. The van der Waals surface area contributed by atoms with Crippen molar-refractivity contribution < 1.29 is 13.2 Å². The molecule has 0 aliphatic carbocycles. The topological polar surface area (TPSA) is 112 Å². The molecule has 0 radical (unpaired) electrons. The van der Waals surface area contributed by atoms with Crippen LogP contribution in [0.15, 0.2) is 94.6 Å². The van der Waals surface area contributed by atoms with Gasteiger partial charge in [0.15, 0.2) is 0 Å². The lowest BCUT2D eigenvalue weighted by atomic mass is 10.1. The monoisotopic (exact) mass is 516 g/mol. The van der Waals surface area contributed by atoms with E-state index in [0.29, 0.717) is 29.2 Å². The number of H-pyrrole nitrogens is 1. The Morgan fingerprint density at radius 2 is 1.68 bits per heavy atom. The van der Waals surface area contributed by atoms with E-state index in [2.05, 4.69) is 15.3 Å². The quantitative estimate of drug-likeness (QED) is 0.350. The van der Waals surface area contributed by atoms with Crippen LogP contribution >= 0.6 is 0 Å². The summed E-state index contributed by atoms with van der Waals surface area (Å²) in [6.45, 7) is 3.39. The van der Waals surface area contributed by atoms with Gasteiger partial charge in [-0.25, -0.2) is 13.4 Å². The van der Waals surface area contributed by atoms with Crippen LogP contribution in [-0.4, -0.2) is 41.7 Å². The summed E-state index contributed by atoms with van der Waals surface area (Å²) in [7, 11) is -3.91. The first-order valence-electron chi connectivity index (χ1n) is 11.8. The molecular formula is C28H28N4O4S. The van der Waals surface area contributed by atoms with E-state index in [-0.39, 0.29) is 23.5 Å². The summed E-state index contributed by atoms with van der Waals surface area (Å²) in [5.41, 5.74) is 3.29. The lowest BCUT2D eigenvalue weighted by Crippen LogP contribution is -2.39. The first-order valence-corrected chi connectivity index (χ1v) is 13.2. The van der Waals surface area contributed by atoms with Crippen LogP contribution in [0.4, 0.5) is 5.69 Å². The molecule has 0 unspecified atom stereocenters. The van der Waals surface area contributed by atoms with Crippen LogP contribution < -0.4 is 10.9 Å². The summed E-state index contributed by atoms with van der Waals surface area (Å²) in [6.07, 6.45) is 0.459. The zero-order valence-corrected chi connectivity index (χ0v) is 21.5. The van der Waals surface area contributed by atoms with Gasteiger partial charge in [0.05, 0.1) is 11.4 Å². The number of aromatic amines is 1. The molecular weight excluding hydrogens is 488 g/mol. The number of hydrogen-bond donors (Lipinski definition) is 2. The maximum absolute atomic E-state index is 13.5. The number of rotatable bonds is 9. The fourth-order valence-corrected chi connectivity index (χ4v) is 5.26. The van der Waals surface area contributed by atoms with Crippen molar-refractivity contribution in [2.24, 2.45) is 0 Å². The number of benzene rings is 3. The number of amides is 1. The molecule has 190 valence electrons. The molecule has 1 heterocycles. The minimum Gasteiger partial charge on any atom is -0.325 e. The van der Waals surface area contributed by atoms with E-state index in [1.54, 1.807) is 55.5 Å². The molecule has 4 rings (SSSR count). The molecule has 0 saturated carbocycles. The normalized spacial score (nSPS) is 11.4. The summed E-state index contributed by atoms with van der Waals surface area (Å²) in [5.74, 6) is -0.0980.